The van der Waals surface area contributed by atoms with Crippen LogP contribution in [0.1, 0.15) is 0 Å². The first-order chi connectivity index (χ1) is 13.5. The molecule has 0 radical (unpaired) electrons. The van der Waals surface area contributed by atoms with Crippen LogP contribution in [0.15, 0.2) is 60.7 Å². The Morgan fingerprint density at radius 2 is 1.50 bits per heavy atom. The summed E-state index contributed by atoms with van der Waals surface area (Å²) in [5.74, 6) is 0.800. The van der Waals surface area contributed by atoms with Crippen LogP contribution < -0.4 is 10.1 Å². The molecule has 0 aliphatic heterocycles. The van der Waals surface area contributed by atoms with E-state index in [0.717, 1.165) is 33.2 Å². The average Bonchev–Trinajstić information content (AvgIpc) is 2.99. The molecule has 0 saturated carbocycles. The Morgan fingerprint density at radius 3 is 2.04 bits per heavy atom. The molecule has 4 aromatic rings. The van der Waals surface area contributed by atoms with E-state index in [1.165, 1.54) is 0 Å². The van der Waals surface area contributed by atoms with Gasteiger partial charge in [-0.25, -0.2) is 0 Å². The summed E-state index contributed by atoms with van der Waals surface area (Å²) in [6.45, 7) is 0.876. The molecule has 1 aromatic heterocycles. The minimum Gasteiger partial charge on any atom is -0.497 e. The van der Waals surface area contributed by atoms with Crippen LogP contribution >= 0.6 is 23.2 Å². The number of benzene rings is 3. The Kier molecular flexibility index (Phi) is 5.36. The largest absolute Gasteiger partial charge is 0.497 e. The Morgan fingerprint density at radius 1 is 0.929 bits per heavy atom. The fourth-order valence-electron chi connectivity index (χ4n) is 3.47. The van der Waals surface area contributed by atoms with Gasteiger partial charge in [-0.15, -0.1) is 0 Å². The number of aliphatic hydroxyl groups excluding tert-OH is 1. The number of anilines is 1. The van der Waals surface area contributed by atoms with Crippen molar-refractivity contribution in [1.82, 2.24) is 4.57 Å². The van der Waals surface area contributed by atoms with E-state index in [1.807, 2.05) is 60.7 Å². The second-order valence-corrected chi connectivity index (χ2v) is 7.57. The van der Waals surface area contributed by atoms with E-state index in [1.54, 1.807) is 7.11 Å². The predicted octanol–water partition coefficient (Wildman–Crippen LogP) is 5.58. The lowest BCUT2D eigenvalue weighted by Gasteiger charge is -2.16. The number of nitrogens with one attached hydrogen (secondary N) is 1. The third-order valence-electron chi connectivity index (χ3n) is 4.81. The van der Waals surface area contributed by atoms with Crippen molar-refractivity contribution in [3.05, 3.63) is 70.7 Å². The number of rotatable bonds is 6. The molecule has 4 rings (SSSR count). The van der Waals surface area contributed by atoms with Gasteiger partial charge in [-0.05, 0) is 60.7 Å². The Labute approximate surface area is 173 Å². The molecule has 0 saturated heterocycles. The number of hydrogen-bond acceptors (Lipinski definition) is 3. The fourth-order valence-corrected chi connectivity index (χ4v) is 3.81. The Balaban J connectivity index is 1.59. The molecule has 4 nitrogen and oxygen atoms in total. The van der Waals surface area contributed by atoms with Crippen LogP contribution in [0.5, 0.6) is 5.75 Å². The van der Waals surface area contributed by atoms with Gasteiger partial charge in [-0.1, -0.05) is 23.2 Å². The first kappa shape index (κ1) is 18.9. The molecule has 0 amide bonds. The zero-order valence-corrected chi connectivity index (χ0v) is 16.8. The van der Waals surface area contributed by atoms with Gasteiger partial charge in [-0.3, -0.25) is 0 Å². The monoisotopic (exact) mass is 414 g/mol. The molecule has 144 valence electrons. The maximum Gasteiger partial charge on any atom is 0.119 e. The summed E-state index contributed by atoms with van der Waals surface area (Å²) in [7, 11) is 1.64. The highest BCUT2D eigenvalue weighted by molar-refractivity contribution is 6.33. The normalized spacial score (nSPS) is 12.4. The second kappa shape index (κ2) is 7.92. The lowest BCUT2D eigenvalue weighted by molar-refractivity contribution is 0.169. The smallest absolute Gasteiger partial charge is 0.119 e. The molecule has 2 N–H and O–H groups in total. The van der Waals surface area contributed by atoms with Crippen molar-refractivity contribution < 1.29 is 9.84 Å². The third kappa shape index (κ3) is 3.76. The summed E-state index contributed by atoms with van der Waals surface area (Å²) >= 11 is 12.4. The number of aromatic nitrogens is 1. The summed E-state index contributed by atoms with van der Waals surface area (Å²) in [5, 5.41) is 17.3. The molecule has 0 fully saturated rings. The second-order valence-electron chi connectivity index (χ2n) is 6.70. The van der Waals surface area contributed by atoms with E-state index < -0.39 is 6.10 Å². The van der Waals surface area contributed by atoms with E-state index in [-0.39, 0.29) is 0 Å². The van der Waals surface area contributed by atoms with Crippen LogP contribution in [0.2, 0.25) is 10.0 Å². The maximum atomic E-state index is 10.7. The zero-order chi connectivity index (χ0) is 19.7. The molecule has 0 spiro atoms. The fraction of sp³-hybridized carbons (Fsp3) is 0.182. The Hall–Kier alpha value is -2.40. The van der Waals surface area contributed by atoms with Crippen molar-refractivity contribution in [2.45, 2.75) is 12.6 Å². The Bertz CT molecular complexity index is 1060. The van der Waals surface area contributed by atoms with Crippen LogP contribution in [0, 0.1) is 0 Å². The van der Waals surface area contributed by atoms with Crippen LogP contribution in [0.25, 0.3) is 21.8 Å². The highest BCUT2D eigenvalue weighted by Gasteiger charge is 2.14. The highest BCUT2D eigenvalue weighted by atomic mass is 35.5. The number of hydrogen-bond donors (Lipinski definition) is 2. The van der Waals surface area contributed by atoms with Crippen molar-refractivity contribution in [1.29, 1.82) is 0 Å². The van der Waals surface area contributed by atoms with E-state index in [4.69, 9.17) is 27.9 Å². The van der Waals surface area contributed by atoms with Gasteiger partial charge in [0.15, 0.2) is 0 Å². The first-order valence-electron chi connectivity index (χ1n) is 8.98. The third-order valence-corrected chi connectivity index (χ3v) is 5.28. The molecule has 1 atom stereocenters. The van der Waals surface area contributed by atoms with Gasteiger partial charge in [0.25, 0.3) is 0 Å². The van der Waals surface area contributed by atoms with Gasteiger partial charge in [-0.2, -0.15) is 0 Å². The molecule has 0 aliphatic rings. The van der Waals surface area contributed by atoms with Gasteiger partial charge in [0.1, 0.15) is 5.75 Å². The predicted molar refractivity (Wildman–Crippen MR) is 117 cm³/mol. The van der Waals surface area contributed by atoms with Crippen molar-refractivity contribution in [2.24, 2.45) is 0 Å². The number of aliphatic hydroxyl groups is 1. The first-order valence-corrected chi connectivity index (χ1v) is 9.74. The molecule has 6 heteroatoms. The van der Waals surface area contributed by atoms with Crippen LogP contribution in [0.4, 0.5) is 5.69 Å². The molecule has 1 unspecified atom stereocenters. The number of ether oxygens (including phenoxy) is 1. The molecule has 0 aliphatic carbocycles. The highest BCUT2D eigenvalue weighted by Crippen LogP contribution is 2.33. The number of fused-ring (bicyclic) bond motifs is 3. The summed E-state index contributed by atoms with van der Waals surface area (Å²) in [6, 6.07) is 19.2. The minimum absolute atomic E-state index is 0.425. The number of methoxy groups -OCH3 is 1. The average molecular weight is 415 g/mol. The summed E-state index contributed by atoms with van der Waals surface area (Å²) < 4.78 is 7.27. The van der Waals surface area contributed by atoms with Gasteiger partial charge in [0, 0.05) is 44.1 Å². The maximum absolute atomic E-state index is 10.7. The molecule has 3 aromatic carbocycles. The van der Waals surface area contributed by atoms with E-state index in [2.05, 4.69) is 9.88 Å². The molecule has 28 heavy (non-hydrogen) atoms. The van der Waals surface area contributed by atoms with Gasteiger partial charge >= 0.3 is 0 Å². The molecular formula is C22H20Cl2N2O2. The lowest BCUT2D eigenvalue weighted by Crippen LogP contribution is -2.24. The SMILES string of the molecule is COc1ccc(NCC(O)Cn2c3ccc(Cl)cc3c3cc(Cl)ccc32)cc1. The number of nitrogens with zero attached hydrogens (tertiary/aromatic N) is 1. The van der Waals surface area contributed by atoms with Crippen LogP contribution in [-0.4, -0.2) is 29.4 Å². The number of halogens is 2. The van der Waals surface area contributed by atoms with E-state index in [0.29, 0.717) is 23.1 Å². The molecule has 0 bridgehead atoms. The topological polar surface area (TPSA) is 46.4 Å². The standard InChI is InChI=1S/C22H20Cl2N2O2/c1-28-18-6-4-16(5-7-18)25-12-17(27)13-26-21-8-2-14(23)10-19(21)20-11-15(24)3-9-22(20)26/h2-11,17,25,27H,12-13H2,1H3. The quantitative estimate of drug-likeness (QED) is 0.432. The minimum atomic E-state index is -0.577. The van der Waals surface area contributed by atoms with Crippen LogP contribution in [0.3, 0.4) is 0 Å². The van der Waals surface area contributed by atoms with Gasteiger partial charge in [0.05, 0.1) is 19.8 Å². The summed E-state index contributed by atoms with van der Waals surface area (Å²) in [4.78, 5) is 0. The van der Waals surface area contributed by atoms with Crippen molar-refractivity contribution in [3.8, 4) is 5.75 Å². The molecule has 1 heterocycles. The zero-order valence-electron chi connectivity index (χ0n) is 15.3. The van der Waals surface area contributed by atoms with E-state index >= 15 is 0 Å². The lowest BCUT2D eigenvalue weighted by atomic mass is 10.1. The summed E-state index contributed by atoms with van der Waals surface area (Å²) in [5.41, 5.74) is 2.97. The van der Waals surface area contributed by atoms with Crippen molar-refractivity contribution in [2.75, 3.05) is 19.0 Å². The summed E-state index contributed by atoms with van der Waals surface area (Å²) in [6.07, 6.45) is -0.577. The van der Waals surface area contributed by atoms with Gasteiger partial charge < -0.3 is 19.7 Å². The van der Waals surface area contributed by atoms with Crippen LogP contribution in [-0.2, 0) is 6.54 Å². The van der Waals surface area contributed by atoms with Crippen molar-refractivity contribution in [3.63, 3.8) is 0 Å². The van der Waals surface area contributed by atoms with Crippen molar-refractivity contribution >= 4 is 50.7 Å². The molecular weight excluding hydrogens is 395 g/mol. The van der Waals surface area contributed by atoms with Gasteiger partial charge in [0.2, 0.25) is 0 Å². The van der Waals surface area contributed by atoms with E-state index in [9.17, 15) is 5.11 Å².